The molecule has 0 aromatic heterocycles. The fourth-order valence-electron chi connectivity index (χ4n) is 4.73. The Morgan fingerprint density at radius 3 is 2.48 bits per heavy atom. The molecule has 3 rings (SSSR count). The number of carbonyl (C=O) groups is 2. The van der Waals surface area contributed by atoms with Gasteiger partial charge in [0.05, 0.1) is 24.0 Å². The van der Waals surface area contributed by atoms with Gasteiger partial charge in [0, 0.05) is 6.42 Å². The second-order valence-corrected chi connectivity index (χ2v) is 7.19. The molecule has 0 heterocycles. The molecule has 1 aromatic carbocycles. The first-order valence-electron chi connectivity index (χ1n) is 8.23. The lowest BCUT2D eigenvalue weighted by Crippen LogP contribution is -2.57. The van der Waals surface area contributed by atoms with Crippen LogP contribution in [0.1, 0.15) is 51.0 Å². The van der Waals surface area contributed by atoms with E-state index in [1.807, 2.05) is 31.2 Å². The number of ketones is 2. The molecule has 2 saturated carbocycles. The van der Waals surface area contributed by atoms with Gasteiger partial charge in [-0.3, -0.25) is 9.59 Å². The summed E-state index contributed by atoms with van der Waals surface area (Å²) in [5.41, 5.74) is -0.980. The van der Waals surface area contributed by atoms with Crippen LogP contribution in [0.2, 0.25) is 0 Å². The maximum Gasteiger partial charge on any atom is 0.141 e. The Hall–Kier alpha value is -1.68. The molecular formula is C19H24O4. The van der Waals surface area contributed by atoms with E-state index in [1.54, 1.807) is 7.11 Å². The van der Waals surface area contributed by atoms with Crippen LogP contribution >= 0.6 is 0 Å². The molecule has 0 unspecified atom stereocenters. The number of ether oxygens (including phenoxy) is 1. The molecular weight excluding hydrogens is 292 g/mol. The second kappa shape index (κ2) is 5.45. The predicted molar refractivity (Wildman–Crippen MR) is 86.4 cm³/mol. The summed E-state index contributed by atoms with van der Waals surface area (Å²) in [5, 5.41) is 11.3. The molecule has 4 atom stereocenters. The Kier molecular flexibility index (Phi) is 3.83. The van der Waals surface area contributed by atoms with Crippen molar-refractivity contribution in [1.82, 2.24) is 0 Å². The van der Waals surface area contributed by atoms with Gasteiger partial charge in [-0.25, -0.2) is 0 Å². The van der Waals surface area contributed by atoms with E-state index in [0.29, 0.717) is 19.3 Å². The highest BCUT2D eigenvalue weighted by atomic mass is 16.5. The molecule has 0 bridgehead atoms. The van der Waals surface area contributed by atoms with Crippen molar-refractivity contribution in [1.29, 1.82) is 0 Å². The zero-order chi connectivity index (χ0) is 16.8. The van der Waals surface area contributed by atoms with Gasteiger partial charge in [-0.2, -0.15) is 0 Å². The second-order valence-electron chi connectivity index (χ2n) is 7.19. The van der Waals surface area contributed by atoms with Crippen LogP contribution in [-0.2, 0) is 9.59 Å². The fraction of sp³-hybridized carbons (Fsp3) is 0.579. The van der Waals surface area contributed by atoms with E-state index in [-0.39, 0.29) is 17.5 Å². The normalized spacial score (nSPS) is 36.6. The van der Waals surface area contributed by atoms with Gasteiger partial charge in [-0.15, -0.1) is 0 Å². The van der Waals surface area contributed by atoms with Crippen molar-refractivity contribution < 1.29 is 19.4 Å². The number of hydrogen-bond acceptors (Lipinski definition) is 4. The van der Waals surface area contributed by atoms with Crippen LogP contribution in [0.5, 0.6) is 5.75 Å². The molecule has 0 aliphatic heterocycles. The van der Waals surface area contributed by atoms with Crippen LogP contribution in [0.15, 0.2) is 24.3 Å². The van der Waals surface area contributed by atoms with Crippen LogP contribution in [0.3, 0.4) is 0 Å². The summed E-state index contributed by atoms with van der Waals surface area (Å²) in [4.78, 5) is 24.7. The van der Waals surface area contributed by atoms with Gasteiger partial charge >= 0.3 is 0 Å². The van der Waals surface area contributed by atoms with Gasteiger partial charge in [0.25, 0.3) is 0 Å². The van der Waals surface area contributed by atoms with Crippen LogP contribution in [0.25, 0.3) is 0 Å². The zero-order valence-electron chi connectivity index (χ0n) is 14.0. The Bertz CT molecular complexity index is 635. The molecule has 4 heteroatoms. The van der Waals surface area contributed by atoms with E-state index in [4.69, 9.17) is 4.74 Å². The number of Topliss-reactive ketones (excluding diaryl/α,β-unsaturated/α-hetero) is 2. The van der Waals surface area contributed by atoms with Gasteiger partial charge in [0.1, 0.15) is 17.3 Å². The van der Waals surface area contributed by atoms with Gasteiger partial charge in [0.15, 0.2) is 0 Å². The molecule has 0 spiro atoms. The summed E-state index contributed by atoms with van der Waals surface area (Å²) >= 11 is 0. The van der Waals surface area contributed by atoms with Crippen LogP contribution < -0.4 is 4.74 Å². The summed E-state index contributed by atoms with van der Waals surface area (Å²) < 4.78 is 5.19. The average molecular weight is 316 g/mol. The molecule has 0 radical (unpaired) electrons. The van der Waals surface area contributed by atoms with Crippen molar-refractivity contribution in [3.63, 3.8) is 0 Å². The topological polar surface area (TPSA) is 63.6 Å². The summed E-state index contributed by atoms with van der Waals surface area (Å²) in [6.07, 6.45) is 2.12. The summed E-state index contributed by atoms with van der Waals surface area (Å²) in [7, 11) is 1.62. The minimum absolute atomic E-state index is 0.0334. The smallest absolute Gasteiger partial charge is 0.141 e. The molecule has 4 nitrogen and oxygen atoms in total. The number of carbonyl (C=O) groups excluding carboxylic acids is 2. The molecule has 0 amide bonds. The molecule has 2 fully saturated rings. The van der Waals surface area contributed by atoms with Crippen molar-refractivity contribution in [2.45, 2.75) is 51.0 Å². The third-order valence-electron chi connectivity index (χ3n) is 6.16. The van der Waals surface area contributed by atoms with E-state index in [9.17, 15) is 14.7 Å². The number of hydrogen-bond donors (Lipinski definition) is 1. The summed E-state index contributed by atoms with van der Waals surface area (Å²) in [5.74, 6) is 0.250. The van der Waals surface area contributed by atoms with Crippen LogP contribution in [-0.4, -0.2) is 29.4 Å². The first kappa shape index (κ1) is 16.2. The molecule has 2 aliphatic rings. The number of aliphatic hydroxyl groups is 1. The van der Waals surface area contributed by atoms with E-state index in [1.165, 1.54) is 6.92 Å². The average Bonchev–Trinajstić information content (AvgIpc) is 2.77. The molecule has 2 aliphatic carbocycles. The first-order chi connectivity index (χ1) is 10.8. The van der Waals surface area contributed by atoms with Crippen LogP contribution in [0.4, 0.5) is 0 Å². The largest absolute Gasteiger partial charge is 0.497 e. The van der Waals surface area contributed by atoms with E-state index < -0.39 is 16.9 Å². The van der Waals surface area contributed by atoms with E-state index >= 15 is 0 Å². The van der Waals surface area contributed by atoms with E-state index in [0.717, 1.165) is 17.7 Å². The Morgan fingerprint density at radius 1 is 1.26 bits per heavy atom. The Morgan fingerprint density at radius 2 is 1.91 bits per heavy atom. The Labute approximate surface area is 136 Å². The summed E-state index contributed by atoms with van der Waals surface area (Å²) in [6, 6.07) is 7.68. The molecule has 0 saturated heterocycles. The van der Waals surface area contributed by atoms with Crippen molar-refractivity contribution in [3.8, 4) is 5.75 Å². The number of rotatable bonds is 3. The lowest BCUT2D eigenvalue weighted by atomic mass is 9.55. The minimum Gasteiger partial charge on any atom is -0.497 e. The predicted octanol–water partition coefficient (Wildman–Crippen LogP) is 2.88. The van der Waals surface area contributed by atoms with Crippen molar-refractivity contribution in [2.75, 3.05) is 7.11 Å². The molecule has 1 aromatic rings. The molecule has 23 heavy (non-hydrogen) atoms. The SMILES string of the molecule is COc1ccc([C@H]2CC[C@@]3(C)C(=O)CC[C@@]3(O)[C@@H]2C(C)=O)cc1. The first-order valence-corrected chi connectivity index (χ1v) is 8.23. The maximum atomic E-state index is 12.4. The monoisotopic (exact) mass is 316 g/mol. The standard InChI is InChI=1S/C19H24O4/c1-12(20)17-15(13-4-6-14(23-3)7-5-13)8-10-18(2)16(21)9-11-19(17,18)22/h4-7,15,17,22H,8-11H2,1-3H3/t15-,17-,18+,19-/m1/s1. The third-order valence-corrected chi connectivity index (χ3v) is 6.16. The lowest BCUT2D eigenvalue weighted by molar-refractivity contribution is -0.163. The molecule has 1 N–H and O–H groups in total. The fourth-order valence-corrected chi connectivity index (χ4v) is 4.73. The molecule has 124 valence electrons. The van der Waals surface area contributed by atoms with Crippen LogP contribution in [0, 0.1) is 11.3 Å². The lowest BCUT2D eigenvalue weighted by Gasteiger charge is -2.50. The van der Waals surface area contributed by atoms with E-state index in [2.05, 4.69) is 0 Å². The zero-order valence-corrected chi connectivity index (χ0v) is 14.0. The van der Waals surface area contributed by atoms with Crippen molar-refractivity contribution in [3.05, 3.63) is 29.8 Å². The summed E-state index contributed by atoms with van der Waals surface area (Å²) in [6.45, 7) is 3.37. The highest BCUT2D eigenvalue weighted by Gasteiger charge is 2.64. The number of methoxy groups -OCH3 is 1. The van der Waals surface area contributed by atoms with Gasteiger partial charge in [-0.05, 0) is 56.7 Å². The minimum atomic E-state index is -1.22. The highest BCUT2D eigenvalue weighted by molar-refractivity contribution is 5.92. The van der Waals surface area contributed by atoms with Gasteiger partial charge in [0.2, 0.25) is 0 Å². The number of fused-ring (bicyclic) bond motifs is 1. The quantitative estimate of drug-likeness (QED) is 0.931. The number of benzene rings is 1. The van der Waals surface area contributed by atoms with Gasteiger partial charge in [-0.1, -0.05) is 12.1 Å². The highest BCUT2D eigenvalue weighted by Crippen LogP contribution is 2.59. The van der Waals surface area contributed by atoms with Crippen molar-refractivity contribution in [2.24, 2.45) is 11.3 Å². The maximum absolute atomic E-state index is 12.4. The Balaban J connectivity index is 2.02. The van der Waals surface area contributed by atoms with Crippen molar-refractivity contribution >= 4 is 11.6 Å². The van der Waals surface area contributed by atoms with Gasteiger partial charge < -0.3 is 9.84 Å². The third kappa shape index (κ3) is 2.23.